The number of likely N-dealkylation sites (N-methyl/N-ethyl adjacent to an activating group) is 1. The topological polar surface area (TPSA) is 74.4 Å². The van der Waals surface area contributed by atoms with E-state index < -0.39 is 0 Å². The molecule has 0 aromatic carbocycles. The van der Waals surface area contributed by atoms with Crippen molar-refractivity contribution >= 4 is 5.91 Å². The van der Waals surface area contributed by atoms with Crippen LogP contribution in [0.5, 0.6) is 0 Å². The molecule has 0 spiro atoms. The first-order valence-electron chi connectivity index (χ1n) is 5.78. The van der Waals surface area contributed by atoms with E-state index in [-0.39, 0.29) is 17.2 Å². The number of H-pyrrole nitrogens is 1. The number of amides is 1. The first-order valence-corrected chi connectivity index (χ1v) is 5.78. The molecule has 0 aliphatic rings. The lowest BCUT2D eigenvalue weighted by molar-refractivity contribution is 0.0942. The average molecular weight is 253 g/mol. The summed E-state index contributed by atoms with van der Waals surface area (Å²) in [7, 11) is 3.61. The van der Waals surface area contributed by atoms with Crippen molar-refractivity contribution in [1.29, 1.82) is 0 Å². The van der Waals surface area contributed by atoms with Gasteiger partial charge in [0.2, 0.25) is 5.56 Å². The second-order valence-corrected chi connectivity index (χ2v) is 3.98. The van der Waals surface area contributed by atoms with Crippen molar-refractivity contribution in [2.24, 2.45) is 0 Å². The van der Waals surface area contributed by atoms with Gasteiger partial charge in [0.25, 0.3) is 5.91 Å². The first-order chi connectivity index (χ1) is 8.63. The number of aromatic nitrogens is 1. The van der Waals surface area contributed by atoms with Crippen molar-refractivity contribution in [3.63, 3.8) is 0 Å². The summed E-state index contributed by atoms with van der Waals surface area (Å²) in [5.74, 6) is -0.271. The summed E-state index contributed by atoms with van der Waals surface area (Å²) >= 11 is 0. The van der Waals surface area contributed by atoms with Gasteiger partial charge in [-0.05, 0) is 13.1 Å². The third kappa shape index (κ3) is 5.11. The zero-order valence-corrected chi connectivity index (χ0v) is 10.7. The Morgan fingerprint density at radius 3 is 2.89 bits per heavy atom. The van der Waals surface area contributed by atoms with E-state index in [0.717, 1.165) is 13.1 Å². The minimum Gasteiger partial charge on any atom is -0.383 e. The Morgan fingerprint density at radius 1 is 1.44 bits per heavy atom. The van der Waals surface area contributed by atoms with Gasteiger partial charge in [-0.15, -0.1) is 0 Å². The third-order valence-electron chi connectivity index (χ3n) is 2.47. The summed E-state index contributed by atoms with van der Waals surface area (Å²) in [4.78, 5) is 27.2. The van der Waals surface area contributed by atoms with E-state index in [1.165, 1.54) is 6.07 Å². The Labute approximate surface area is 106 Å². The highest BCUT2D eigenvalue weighted by Gasteiger charge is 2.05. The molecule has 1 heterocycles. The number of ether oxygens (including phenoxy) is 1. The second kappa shape index (κ2) is 7.62. The van der Waals surface area contributed by atoms with E-state index in [4.69, 9.17) is 4.74 Å². The standard InChI is InChI=1S/C12H19N3O3/c1-15(8-9-18-2)7-6-13-12(17)10-4-3-5-11(16)14-10/h3-5H,6-9H2,1-2H3,(H,13,17)(H,14,16). The highest BCUT2D eigenvalue weighted by molar-refractivity contribution is 5.92. The summed E-state index contributed by atoms with van der Waals surface area (Å²) in [6.07, 6.45) is 0. The van der Waals surface area contributed by atoms with Crippen LogP contribution in [-0.2, 0) is 4.74 Å². The fourth-order valence-electron chi connectivity index (χ4n) is 1.39. The van der Waals surface area contributed by atoms with Crippen LogP contribution in [0.2, 0.25) is 0 Å². The molecule has 0 fully saturated rings. The first kappa shape index (κ1) is 14.4. The van der Waals surface area contributed by atoms with Crippen molar-refractivity contribution in [3.05, 3.63) is 34.2 Å². The molecule has 2 N–H and O–H groups in total. The quantitative estimate of drug-likeness (QED) is 0.698. The minimum atomic E-state index is -0.278. The van der Waals surface area contributed by atoms with Gasteiger partial charge in [0.15, 0.2) is 0 Å². The van der Waals surface area contributed by atoms with Gasteiger partial charge in [-0.25, -0.2) is 0 Å². The molecule has 1 aromatic rings. The number of hydrogen-bond donors (Lipinski definition) is 2. The van der Waals surface area contributed by atoms with Crippen LogP contribution < -0.4 is 10.9 Å². The highest BCUT2D eigenvalue weighted by Crippen LogP contribution is 1.89. The number of hydrogen-bond acceptors (Lipinski definition) is 4. The van der Waals surface area contributed by atoms with Gasteiger partial charge in [-0.2, -0.15) is 0 Å². The van der Waals surface area contributed by atoms with Crippen LogP contribution in [0.3, 0.4) is 0 Å². The normalized spacial score (nSPS) is 10.6. The fraction of sp³-hybridized carbons (Fsp3) is 0.500. The number of carbonyl (C=O) groups excluding carboxylic acids is 1. The maximum absolute atomic E-state index is 11.7. The predicted molar refractivity (Wildman–Crippen MR) is 68.8 cm³/mol. The predicted octanol–water partition coefficient (Wildman–Crippen LogP) is -0.317. The third-order valence-corrected chi connectivity index (χ3v) is 2.47. The second-order valence-electron chi connectivity index (χ2n) is 3.98. The van der Waals surface area contributed by atoms with Crippen molar-refractivity contribution in [2.45, 2.75) is 0 Å². The average Bonchev–Trinajstić information content (AvgIpc) is 2.36. The number of rotatable bonds is 7. The van der Waals surface area contributed by atoms with E-state index in [2.05, 4.69) is 15.2 Å². The number of carbonyl (C=O) groups is 1. The van der Waals surface area contributed by atoms with Crippen LogP contribution in [0, 0.1) is 0 Å². The van der Waals surface area contributed by atoms with Gasteiger partial charge in [0.05, 0.1) is 6.61 Å². The maximum atomic E-state index is 11.7. The Morgan fingerprint density at radius 2 is 2.22 bits per heavy atom. The van der Waals surface area contributed by atoms with Gasteiger partial charge in [-0.1, -0.05) is 6.07 Å². The van der Waals surface area contributed by atoms with Crippen LogP contribution in [0.1, 0.15) is 10.5 Å². The Kier molecular flexibility index (Phi) is 6.10. The van der Waals surface area contributed by atoms with Gasteiger partial charge in [-0.3, -0.25) is 9.59 Å². The van der Waals surface area contributed by atoms with Crippen LogP contribution in [0.25, 0.3) is 0 Å². The van der Waals surface area contributed by atoms with Gasteiger partial charge in [0.1, 0.15) is 5.69 Å². The molecule has 1 aromatic heterocycles. The lowest BCUT2D eigenvalue weighted by Gasteiger charge is -2.16. The Balaban J connectivity index is 2.31. The van der Waals surface area contributed by atoms with Crippen molar-refractivity contribution in [3.8, 4) is 0 Å². The van der Waals surface area contributed by atoms with Gasteiger partial charge in [0, 0.05) is 32.8 Å². The van der Waals surface area contributed by atoms with Crippen molar-refractivity contribution < 1.29 is 9.53 Å². The number of pyridine rings is 1. The molecule has 0 bridgehead atoms. The minimum absolute atomic E-state index is 0.271. The summed E-state index contributed by atoms with van der Waals surface area (Å²) in [6.45, 7) is 2.73. The van der Waals surface area contributed by atoms with E-state index in [1.54, 1.807) is 19.2 Å². The molecule has 18 heavy (non-hydrogen) atoms. The molecule has 0 saturated carbocycles. The molecular weight excluding hydrogens is 234 g/mol. The SMILES string of the molecule is COCCN(C)CCNC(=O)c1cccc(=O)[nH]1. The molecule has 100 valence electrons. The van der Waals surface area contributed by atoms with Crippen molar-refractivity contribution in [1.82, 2.24) is 15.2 Å². The van der Waals surface area contributed by atoms with Crippen molar-refractivity contribution in [2.75, 3.05) is 40.4 Å². The molecule has 0 atom stereocenters. The van der Waals surface area contributed by atoms with E-state index in [1.807, 2.05) is 7.05 Å². The van der Waals surface area contributed by atoms with E-state index in [0.29, 0.717) is 13.2 Å². The molecular formula is C12H19N3O3. The zero-order valence-electron chi connectivity index (χ0n) is 10.7. The Bertz CT molecular complexity index is 431. The molecule has 6 nitrogen and oxygen atoms in total. The summed E-state index contributed by atoms with van der Waals surface area (Å²) in [5, 5.41) is 2.74. The molecule has 0 radical (unpaired) electrons. The lowest BCUT2D eigenvalue weighted by atomic mass is 10.3. The Hall–Kier alpha value is -1.66. The zero-order chi connectivity index (χ0) is 13.4. The van der Waals surface area contributed by atoms with E-state index >= 15 is 0 Å². The summed E-state index contributed by atoms with van der Waals surface area (Å²) in [6, 6.07) is 4.50. The smallest absolute Gasteiger partial charge is 0.267 e. The van der Waals surface area contributed by atoms with E-state index in [9.17, 15) is 9.59 Å². The monoisotopic (exact) mass is 253 g/mol. The summed E-state index contributed by atoms with van der Waals surface area (Å²) in [5.41, 5.74) is 0.00177. The van der Waals surface area contributed by atoms with Gasteiger partial charge >= 0.3 is 0 Å². The molecule has 0 saturated heterocycles. The molecule has 0 unspecified atom stereocenters. The lowest BCUT2D eigenvalue weighted by Crippen LogP contribution is -2.35. The fourth-order valence-corrected chi connectivity index (χ4v) is 1.39. The number of methoxy groups -OCH3 is 1. The van der Waals surface area contributed by atoms with Gasteiger partial charge < -0.3 is 19.9 Å². The molecule has 0 aliphatic heterocycles. The largest absolute Gasteiger partial charge is 0.383 e. The molecule has 6 heteroatoms. The number of nitrogens with one attached hydrogen (secondary N) is 2. The van der Waals surface area contributed by atoms with Crippen LogP contribution in [0.4, 0.5) is 0 Å². The van der Waals surface area contributed by atoms with Crippen LogP contribution in [0.15, 0.2) is 23.0 Å². The molecule has 1 rings (SSSR count). The molecule has 0 aliphatic carbocycles. The summed E-state index contributed by atoms with van der Waals surface area (Å²) < 4.78 is 4.95. The molecule has 1 amide bonds. The van der Waals surface area contributed by atoms with Crippen LogP contribution in [-0.4, -0.2) is 56.2 Å². The maximum Gasteiger partial charge on any atom is 0.267 e. The number of aromatic amines is 1. The number of nitrogens with zero attached hydrogens (tertiary/aromatic N) is 1. The van der Waals surface area contributed by atoms with Crippen LogP contribution >= 0.6 is 0 Å². The highest BCUT2D eigenvalue weighted by atomic mass is 16.5.